The lowest BCUT2D eigenvalue weighted by Crippen LogP contribution is -2.31. The molecule has 1 aromatic heterocycles. The van der Waals surface area contributed by atoms with Crippen LogP contribution in [0, 0.1) is 0 Å². The molecule has 0 aliphatic heterocycles. The Kier molecular flexibility index (Phi) is 6.28. The van der Waals surface area contributed by atoms with Gasteiger partial charge in [-0.15, -0.1) is 11.3 Å². The Balaban J connectivity index is 1.64. The van der Waals surface area contributed by atoms with Crippen LogP contribution in [0.5, 0.6) is 5.75 Å². The zero-order valence-electron chi connectivity index (χ0n) is 14.5. The summed E-state index contributed by atoms with van der Waals surface area (Å²) < 4.78 is 5.94. The lowest BCUT2D eigenvalue weighted by Gasteiger charge is -2.19. The van der Waals surface area contributed by atoms with E-state index in [2.05, 4.69) is 5.32 Å². The van der Waals surface area contributed by atoms with Crippen LogP contribution in [0.15, 0.2) is 41.8 Å². The molecule has 138 valence electrons. The summed E-state index contributed by atoms with van der Waals surface area (Å²) in [4.78, 5) is 24.4. The van der Waals surface area contributed by atoms with Crippen LogP contribution in [-0.2, 0) is 16.0 Å². The zero-order chi connectivity index (χ0) is 18.4. The molecule has 0 unspecified atom stereocenters. The van der Waals surface area contributed by atoms with E-state index >= 15 is 0 Å². The standard InChI is InChI=1S/C20H23NO4S/c22-19(12-17-6-3-11-26-17)21-18(13-20(23)24)14-7-9-16(10-8-14)25-15-4-1-2-5-15/h3,6-11,15,18H,1-2,4-5,12-13H2,(H,21,22)(H,23,24)/t18-/m1/s1. The van der Waals surface area contributed by atoms with Crippen LogP contribution in [0.3, 0.4) is 0 Å². The molecule has 2 aromatic rings. The SMILES string of the molecule is O=C(O)C[C@@H](NC(=O)Cc1cccs1)c1ccc(OC2CCCC2)cc1. The highest BCUT2D eigenvalue weighted by Crippen LogP contribution is 2.26. The molecule has 1 amide bonds. The van der Waals surface area contributed by atoms with Gasteiger partial charge in [-0.25, -0.2) is 0 Å². The normalized spacial score (nSPS) is 15.5. The summed E-state index contributed by atoms with van der Waals surface area (Å²) >= 11 is 1.51. The summed E-state index contributed by atoms with van der Waals surface area (Å²) in [6.45, 7) is 0. The van der Waals surface area contributed by atoms with Crippen LogP contribution in [0.25, 0.3) is 0 Å². The fourth-order valence-electron chi connectivity index (χ4n) is 3.22. The van der Waals surface area contributed by atoms with Gasteiger partial charge in [0.15, 0.2) is 0 Å². The van der Waals surface area contributed by atoms with Gasteiger partial charge in [0.2, 0.25) is 5.91 Å². The number of hydrogen-bond acceptors (Lipinski definition) is 4. The van der Waals surface area contributed by atoms with Crippen molar-refractivity contribution in [3.63, 3.8) is 0 Å². The Hall–Kier alpha value is -2.34. The minimum absolute atomic E-state index is 0.154. The fraction of sp³-hybridized carbons (Fsp3) is 0.400. The summed E-state index contributed by atoms with van der Waals surface area (Å²) in [5.74, 6) is -0.331. The van der Waals surface area contributed by atoms with E-state index in [1.54, 1.807) is 0 Å². The van der Waals surface area contributed by atoms with Crippen molar-refractivity contribution in [1.29, 1.82) is 0 Å². The van der Waals surface area contributed by atoms with Crippen molar-refractivity contribution in [1.82, 2.24) is 5.32 Å². The van der Waals surface area contributed by atoms with Gasteiger partial charge in [0, 0.05) is 4.88 Å². The van der Waals surface area contributed by atoms with Crippen LogP contribution < -0.4 is 10.1 Å². The Labute approximate surface area is 157 Å². The molecule has 26 heavy (non-hydrogen) atoms. The molecule has 1 fully saturated rings. The molecule has 0 bridgehead atoms. The van der Waals surface area contributed by atoms with Crippen molar-refractivity contribution in [3.8, 4) is 5.75 Å². The highest BCUT2D eigenvalue weighted by Gasteiger charge is 2.20. The number of aliphatic carboxylic acids is 1. The summed E-state index contributed by atoms with van der Waals surface area (Å²) in [6, 6.07) is 10.6. The molecule has 1 aromatic carbocycles. The number of rotatable bonds is 8. The minimum atomic E-state index is -0.947. The molecule has 6 heteroatoms. The number of thiophene rings is 1. The predicted octanol–water partition coefficient (Wildman–Crippen LogP) is 3.94. The summed E-state index contributed by atoms with van der Waals surface area (Å²) in [5, 5.41) is 13.9. The second-order valence-electron chi connectivity index (χ2n) is 6.57. The highest BCUT2D eigenvalue weighted by molar-refractivity contribution is 7.10. The largest absolute Gasteiger partial charge is 0.490 e. The number of carbonyl (C=O) groups excluding carboxylic acids is 1. The van der Waals surface area contributed by atoms with Crippen molar-refractivity contribution >= 4 is 23.2 Å². The van der Waals surface area contributed by atoms with Crippen LogP contribution in [0.4, 0.5) is 0 Å². The van der Waals surface area contributed by atoms with Gasteiger partial charge in [-0.2, -0.15) is 0 Å². The van der Waals surface area contributed by atoms with Crippen molar-refractivity contribution in [2.24, 2.45) is 0 Å². The quantitative estimate of drug-likeness (QED) is 0.735. The van der Waals surface area contributed by atoms with Gasteiger partial charge >= 0.3 is 5.97 Å². The van der Waals surface area contributed by atoms with E-state index in [0.29, 0.717) is 0 Å². The van der Waals surface area contributed by atoms with Crippen LogP contribution in [-0.4, -0.2) is 23.1 Å². The first-order valence-corrected chi connectivity index (χ1v) is 9.78. The number of nitrogens with one attached hydrogen (secondary N) is 1. The van der Waals surface area contributed by atoms with Crippen LogP contribution in [0.1, 0.15) is 48.6 Å². The third-order valence-electron chi connectivity index (χ3n) is 4.52. The number of carbonyl (C=O) groups is 2. The maximum absolute atomic E-state index is 12.3. The topological polar surface area (TPSA) is 75.6 Å². The minimum Gasteiger partial charge on any atom is -0.490 e. The van der Waals surface area contributed by atoms with E-state index in [0.717, 1.165) is 29.0 Å². The third kappa shape index (κ3) is 5.33. The Morgan fingerprint density at radius 3 is 2.54 bits per heavy atom. The molecule has 1 heterocycles. The number of carboxylic acid groups (broad SMARTS) is 1. The Bertz CT molecular complexity index is 721. The molecular weight excluding hydrogens is 350 g/mol. The number of hydrogen-bond donors (Lipinski definition) is 2. The van der Waals surface area contributed by atoms with Gasteiger partial charge in [-0.3, -0.25) is 9.59 Å². The predicted molar refractivity (Wildman–Crippen MR) is 100 cm³/mol. The van der Waals surface area contributed by atoms with Crippen molar-refractivity contribution in [2.45, 2.75) is 50.7 Å². The second-order valence-corrected chi connectivity index (χ2v) is 7.60. The fourth-order valence-corrected chi connectivity index (χ4v) is 3.92. The van der Waals surface area contributed by atoms with Gasteiger partial charge in [0.25, 0.3) is 0 Å². The molecule has 3 rings (SSSR count). The lowest BCUT2D eigenvalue weighted by molar-refractivity contribution is -0.137. The molecule has 0 radical (unpaired) electrons. The molecule has 1 saturated carbocycles. The maximum atomic E-state index is 12.3. The monoisotopic (exact) mass is 373 g/mol. The first kappa shape index (κ1) is 18.5. The molecule has 1 aliphatic carbocycles. The smallest absolute Gasteiger partial charge is 0.305 e. The Morgan fingerprint density at radius 1 is 1.19 bits per heavy atom. The lowest BCUT2D eigenvalue weighted by atomic mass is 10.0. The molecule has 0 spiro atoms. The van der Waals surface area contributed by atoms with E-state index < -0.39 is 12.0 Å². The molecule has 1 atom stereocenters. The number of benzene rings is 1. The zero-order valence-corrected chi connectivity index (χ0v) is 15.3. The maximum Gasteiger partial charge on any atom is 0.305 e. The van der Waals surface area contributed by atoms with E-state index in [-0.39, 0.29) is 24.9 Å². The average molecular weight is 373 g/mol. The summed E-state index contributed by atoms with van der Waals surface area (Å²) in [5.41, 5.74) is 0.769. The summed E-state index contributed by atoms with van der Waals surface area (Å²) in [6.07, 6.45) is 4.97. The van der Waals surface area contributed by atoms with Gasteiger partial charge in [0.05, 0.1) is 25.0 Å². The molecule has 5 nitrogen and oxygen atoms in total. The van der Waals surface area contributed by atoms with E-state index in [9.17, 15) is 14.7 Å². The van der Waals surface area contributed by atoms with Crippen molar-refractivity contribution in [3.05, 3.63) is 52.2 Å². The van der Waals surface area contributed by atoms with Crippen LogP contribution >= 0.6 is 11.3 Å². The highest BCUT2D eigenvalue weighted by atomic mass is 32.1. The second kappa shape index (κ2) is 8.85. The third-order valence-corrected chi connectivity index (χ3v) is 5.39. The molecular formula is C20H23NO4S. The number of amides is 1. The molecule has 2 N–H and O–H groups in total. The van der Waals surface area contributed by atoms with Crippen LogP contribution in [0.2, 0.25) is 0 Å². The van der Waals surface area contributed by atoms with Gasteiger partial charge in [-0.1, -0.05) is 18.2 Å². The Morgan fingerprint density at radius 2 is 1.92 bits per heavy atom. The van der Waals surface area contributed by atoms with E-state index in [1.807, 2.05) is 41.8 Å². The average Bonchev–Trinajstić information content (AvgIpc) is 3.28. The number of ether oxygens (including phenoxy) is 1. The van der Waals surface area contributed by atoms with Gasteiger partial charge in [-0.05, 0) is 54.8 Å². The van der Waals surface area contributed by atoms with Gasteiger partial charge < -0.3 is 15.2 Å². The first-order valence-electron chi connectivity index (χ1n) is 8.90. The van der Waals surface area contributed by atoms with Crippen molar-refractivity contribution < 1.29 is 19.4 Å². The molecule has 1 aliphatic rings. The first-order chi connectivity index (χ1) is 12.6. The van der Waals surface area contributed by atoms with E-state index in [1.165, 1.54) is 24.2 Å². The summed E-state index contributed by atoms with van der Waals surface area (Å²) in [7, 11) is 0. The van der Waals surface area contributed by atoms with Crippen molar-refractivity contribution in [2.75, 3.05) is 0 Å². The molecule has 0 saturated heterocycles. The van der Waals surface area contributed by atoms with Gasteiger partial charge in [0.1, 0.15) is 5.75 Å². The van der Waals surface area contributed by atoms with E-state index in [4.69, 9.17) is 4.74 Å². The number of carboxylic acids is 1.